The number of nitrogens with two attached hydrogens (primary N) is 1. The molecule has 0 radical (unpaired) electrons. The van der Waals surface area contributed by atoms with Gasteiger partial charge in [-0.05, 0) is 71.9 Å². The molecule has 2 heterocycles. The first-order valence-electron chi connectivity index (χ1n) is 12.1. The van der Waals surface area contributed by atoms with Gasteiger partial charge in [-0.15, -0.1) is 0 Å². The molecule has 0 bridgehead atoms. The van der Waals surface area contributed by atoms with Crippen molar-refractivity contribution in [3.05, 3.63) is 129 Å². The van der Waals surface area contributed by atoms with Crippen LogP contribution >= 0.6 is 23.2 Å². The Morgan fingerprint density at radius 3 is 2.30 bits per heavy atom. The molecule has 1 unspecified atom stereocenters. The Labute approximate surface area is 224 Å². The van der Waals surface area contributed by atoms with Crippen LogP contribution in [0, 0.1) is 0 Å². The molecule has 0 spiro atoms. The van der Waals surface area contributed by atoms with E-state index in [1.807, 2.05) is 78.9 Å². The summed E-state index contributed by atoms with van der Waals surface area (Å²) in [6.07, 6.45) is 4.87. The molecule has 0 amide bonds. The Hall–Kier alpha value is -3.80. The third-order valence-corrected chi connectivity index (χ3v) is 7.20. The molecular weight excluding hydrogens is 505 g/mol. The number of halogens is 2. The molecule has 1 aromatic heterocycles. The number of hydrogen-bond acceptors (Lipinski definition) is 5. The van der Waals surface area contributed by atoms with Crippen molar-refractivity contribution in [2.45, 2.75) is 25.2 Å². The van der Waals surface area contributed by atoms with Crippen LogP contribution < -0.4 is 5.73 Å². The number of aromatic nitrogens is 2. The summed E-state index contributed by atoms with van der Waals surface area (Å²) in [5.74, 6) is 1.70. The van der Waals surface area contributed by atoms with Gasteiger partial charge in [0.1, 0.15) is 5.76 Å². The van der Waals surface area contributed by atoms with Gasteiger partial charge in [-0.1, -0.05) is 83.0 Å². The standard InChI is InChI=1S/C30H23Cl2N3O2/c31-22-13-9-18(10-14-22)17-21-7-4-8-24-25(19-11-15-23(32)16-12-19)26(28(33)36-27(21)24)30-34-29(35-37-30)20-5-2-1-3-6-20/h1-3,5-6,9-17,25H,4,7-8,33H2/b21-17+. The van der Waals surface area contributed by atoms with E-state index in [4.69, 9.17) is 43.2 Å². The van der Waals surface area contributed by atoms with Crippen molar-refractivity contribution in [1.29, 1.82) is 0 Å². The van der Waals surface area contributed by atoms with Gasteiger partial charge in [0.25, 0.3) is 5.89 Å². The number of allylic oxidation sites excluding steroid dienone is 3. The Kier molecular flexibility index (Phi) is 6.33. The zero-order valence-electron chi connectivity index (χ0n) is 19.8. The van der Waals surface area contributed by atoms with E-state index in [0.717, 1.165) is 52.9 Å². The second-order valence-electron chi connectivity index (χ2n) is 9.08. The molecule has 6 rings (SSSR count). The summed E-state index contributed by atoms with van der Waals surface area (Å²) in [6.45, 7) is 0. The van der Waals surface area contributed by atoms with Gasteiger partial charge in [0.15, 0.2) is 0 Å². The van der Waals surface area contributed by atoms with Crippen molar-refractivity contribution in [3.63, 3.8) is 0 Å². The number of ether oxygens (including phenoxy) is 1. The number of benzene rings is 3. The highest BCUT2D eigenvalue weighted by Crippen LogP contribution is 2.50. The van der Waals surface area contributed by atoms with Gasteiger partial charge in [0.2, 0.25) is 11.7 Å². The summed E-state index contributed by atoms with van der Waals surface area (Å²) in [5.41, 5.74) is 12.5. The predicted molar refractivity (Wildman–Crippen MR) is 146 cm³/mol. The smallest absolute Gasteiger partial charge is 0.260 e. The van der Waals surface area contributed by atoms with Gasteiger partial charge in [0.05, 0.1) is 5.57 Å². The van der Waals surface area contributed by atoms with Crippen molar-refractivity contribution in [1.82, 2.24) is 10.1 Å². The van der Waals surface area contributed by atoms with E-state index in [9.17, 15) is 0 Å². The van der Waals surface area contributed by atoms with Crippen molar-refractivity contribution < 1.29 is 9.26 Å². The SMILES string of the molecule is NC1=C(c2nc(-c3ccccc3)no2)C(c2ccc(Cl)cc2)C2=C(O1)/C(=C/c1ccc(Cl)cc1)CCC2. The van der Waals surface area contributed by atoms with Gasteiger partial charge in [-0.2, -0.15) is 4.98 Å². The number of nitrogens with zero attached hydrogens (tertiary/aromatic N) is 2. The molecule has 1 atom stereocenters. The fourth-order valence-electron chi connectivity index (χ4n) is 4.98. The van der Waals surface area contributed by atoms with Crippen LogP contribution in [0.5, 0.6) is 0 Å². The zero-order chi connectivity index (χ0) is 25.4. The first-order chi connectivity index (χ1) is 18.1. The maximum absolute atomic E-state index is 6.62. The van der Waals surface area contributed by atoms with Gasteiger partial charge in [-0.25, -0.2) is 0 Å². The summed E-state index contributed by atoms with van der Waals surface area (Å²) >= 11 is 12.3. The van der Waals surface area contributed by atoms with E-state index in [2.05, 4.69) is 11.2 Å². The molecule has 0 saturated carbocycles. The van der Waals surface area contributed by atoms with Crippen LogP contribution in [0.3, 0.4) is 0 Å². The molecule has 7 heteroatoms. The van der Waals surface area contributed by atoms with Crippen molar-refractivity contribution >= 4 is 34.9 Å². The van der Waals surface area contributed by atoms with E-state index >= 15 is 0 Å². The predicted octanol–water partition coefficient (Wildman–Crippen LogP) is 8.01. The van der Waals surface area contributed by atoms with E-state index in [0.29, 0.717) is 27.3 Å². The molecule has 3 aromatic carbocycles. The summed E-state index contributed by atoms with van der Waals surface area (Å²) in [5, 5.41) is 5.60. The Bertz CT molecular complexity index is 1540. The van der Waals surface area contributed by atoms with Crippen molar-refractivity contribution in [2.75, 3.05) is 0 Å². The van der Waals surface area contributed by atoms with Crippen LogP contribution in [0.1, 0.15) is 42.2 Å². The van der Waals surface area contributed by atoms with Crippen LogP contribution in [-0.2, 0) is 4.74 Å². The lowest BCUT2D eigenvalue weighted by Crippen LogP contribution is -2.23. The topological polar surface area (TPSA) is 74.2 Å². The van der Waals surface area contributed by atoms with Crippen molar-refractivity contribution in [3.8, 4) is 11.4 Å². The molecule has 1 aliphatic carbocycles. The largest absolute Gasteiger partial charge is 0.441 e. The highest BCUT2D eigenvalue weighted by Gasteiger charge is 2.38. The normalized spacial score (nSPS) is 18.6. The van der Waals surface area contributed by atoms with Crippen LogP contribution in [0.15, 0.2) is 106 Å². The lowest BCUT2D eigenvalue weighted by molar-refractivity contribution is 0.282. The molecular formula is C30H23Cl2N3O2. The third-order valence-electron chi connectivity index (χ3n) is 6.69. The quantitative estimate of drug-likeness (QED) is 0.291. The fourth-order valence-corrected chi connectivity index (χ4v) is 5.23. The third kappa shape index (κ3) is 4.68. The lowest BCUT2D eigenvalue weighted by atomic mass is 9.76. The molecule has 2 N–H and O–H groups in total. The Morgan fingerprint density at radius 2 is 1.57 bits per heavy atom. The molecule has 0 fully saturated rings. The highest BCUT2D eigenvalue weighted by atomic mass is 35.5. The zero-order valence-corrected chi connectivity index (χ0v) is 21.3. The second-order valence-corrected chi connectivity index (χ2v) is 9.96. The number of hydrogen-bond donors (Lipinski definition) is 1. The minimum absolute atomic E-state index is 0.209. The molecule has 0 saturated heterocycles. The highest BCUT2D eigenvalue weighted by molar-refractivity contribution is 6.30. The molecule has 184 valence electrons. The lowest BCUT2D eigenvalue weighted by Gasteiger charge is -2.34. The summed E-state index contributed by atoms with van der Waals surface area (Å²) in [6, 6.07) is 25.3. The minimum Gasteiger partial charge on any atom is -0.441 e. The Balaban J connectivity index is 1.47. The Morgan fingerprint density at radius 1 is 0.865 bits per heavy atom. The van der Waals surface area contributed by atoms with Gasteiger partial charge in [-0.3, -0.25) is 0 Å². The van der Waals surface area contributed by atoms with Crippen LogP contribution in [-0.4, -0.2) is 10.1 Å². The van der Waals surface area contributed by atoms with Crippen molar-refractivity contribution in [2.24, 2.45) is 5.73 Å². The number of rotatable bonds is 4. The van der Waals surface area contributed by atoms with Crippen LogP contribution in [0.25, 0.3) is 23.0 Å². The van der Waals surface area contributed by atoms with Gasteiger partial charge in [0, 0.05) is 21.5 Å². The molecule has 2 aliphatic rings. The second kappa shape index (κ2) is 9.92. The molecule has 37 heavy (non-hydrogen) atoms. The molecule has 4 aromatic rings. The first-order valence-corrected chi connectivity index (χ1v) is 12.8. The van der Waals surface area contributed by atoms with E-state index < -0.39 is 0 Å². The van der Waals surface area contributed by atoms with Gasteiger partial charge < -0.3 is 15.0 Å². The first kappa shape index (κ1) is 23.6. The summed E-state index contributed by atoms with van der Waals surface area (Å²) in [4.78, 5) is 4.71. The summed E-state index contributed by atoms with van der Waals surface area (Å²) in [7, 11) is 0. The average Bonchev–Trinajstić information content (AvgIpc) is 3.41. The average molecular weight is 528 g/mol. The van der Waals surface area contributed by atoms with Crippen LogP contribution in [0.4, 0.5) is 0 Å². The summed E-state index contributed by atoms with van der Waals surface area (Å²) < 4.78 is 12.1. The molecule has 5 nitrogen and oxygen atoms in total. The molecule has 1 aliphatic heterocycles. The maximum Gasteiger partial charge on any atom is 0.260 e. The van der Waals surface area contributed by atoms with E-state index in [1.165, 1.54) is 0 Å². The van der Waals surface area contributed by atoms with E-state index in [-0.39, 0.29) is 11.8 Å². The van der Waals surface area contributed by atoms with Crippen LogP contribution in [0.2, 0.25) is 10.0 Å². The fraction of sp³-hybridized carbons (Fsp3) is 0.133. The minimum atomic E-state index is -0.209. The monoisotopic (exact) mass is 527 g/mol. The van der Waals surface area contributed by atoms with E-state index in [1.54, 1.807) is 0 Å². The maximum atomic E-state index is 6.62. The van der Waals surface area contributed by atoms with Gasteiger partial charge >= 0.3 is 0 Å².